The van der Waals surface area contributed by atoms with Crippen molar-refractivity contribution in [3.05, 3.63) is 0 Å². The summed E-state index contributed by atoms with van der Waals surface area (Å²) in [6, 6.07) is 0.00231. The maximum atomic E-state index is 11.1. The molecule has 1 heterocycles. The van der Waals surface area contributed by atoms with Crippen molar-refractivity contribution < 1.29 is 4.79 Å². The second-order valence-corrected chi connectivity index (χ2v) is 4.17. The molecular weight excluding hydrogens is 162 g/mol. The first-order valence-corrected chi connectivity index (χ1v) is 4.41. The van der Waals surface area contributed by atoms with Crippen molar-refractivity contribution in [2.45, 2.75) is 26.3 Å². The van der Waals surface area contributed by atoms with Gasteiger partial charge in [0.05, 0.1) is 11.9 Å². The fourth-order valence-corrected chi connectivity index (χ4v) is 1.60. The molecule has 64 valence electrons. The number of carbonyl (C=O) groups is 1. The first-order chi connectivity index (χ1) is 5.05. The minimum absolute atomic E-state index is 0.00231. The summed E-state index contributed by atoms with van der Waals surface area (Å²) in [6.45, 7) is 5.23. The summed E-state index contributed by atoms with van der Waals surface area (Å²) < 4.78 is 0. The van der Waals surface area contributed by atoms with Crippen molar-refractivity contribution in [2.75, 3.05) is 12.4 Å². The fourth-order valence-electron chi connectivity index (χ4n) is 1.42. The molecule has 0 aromatic heterocycles. The van der Waals surface area contributed by atoms with Gasteiger partial charge in [-0.3, -0.25) is 4.79 Å². The summed E-state index contributed by atoms with van der Waals surface area (Å²) in [5, 5.41) is 3.16. The summed E-state index contributed by atoms with van der Waals surface area (Å²) in [5.41, 5.74) is 0.256. The molecule has 2 nitrogen and oxygen atoms in total. The van der Waals surface area contributed by atoms with E-state index < -0.39 is 0 Å². The minimum Gasteiger partial charge on any atom is -0.307 e. The predicted molar refractivity (Wildman–Crippen MR) is 45.9 cm³/mol. The average Bonchev–Trinajstić information content (AvgIpc) is 2.29. The van der Waals surface area contributed by atoms with Crippen LogP contribution in [0.3, 0.4) is 0 Å². The molecule has 3 heteroatoms. The standard InChI is InChI=1S/C8H14ClNO/c1-8(2)3-6(10-5-8)7(11)4-9/h6,10H,3-5H2,1-2H3. The number of halogens is 1. The minimum atomic E-state index is 0.00231. The van der Waals surface area contributed by atoms with Crippen LogP contribution in [0.1, 0.15) is 20.3 Å². The number of ketones is 1. The molecule has 0 aliphatic carbocycles. The molecule has 1 unspecified atom stereocenters. The predicted octanol–water partition coefficient (Wildman–Crippen LogP) is 1.18. The molecule has 1 atom stereocenters. The maximum Gasteiger partial charge on any atom is 0.164 e. The average molecular weight is 176 g/mol. The summed E-state index contributed by atoms with van der Waals surface area (Å²) >= 11 is 5.44. The summed E-state index contributed by atoms with van der Waals surface area (Å²) in [5.74, 6) is 0.255. The number of nitrogens with one attached hydrogen (secondary N) is 1. The number of hydrogen-bond donors (Lipinski definition) is 1. The Labute approximate surface area is 72.3 Å². The number of Topliss-reactive ketones (excluding diaryl/α,β-unsaturated/α-hetero) is 1. The van der Waals surface area contributed by atoms with Crippen molar-refractivity contribution in [1.82, 2.24) is 5.32 Å². The van der Waals surface area contributed by atoms with Crippen LogP contribution >= 0.6 is 11.6 Å². The first kappa shape index (κ1) is 9.01. The molecule has 1 aliphatic rings. The SMILES string of the molecule is CC1(C)CNC(C(=O)CCl)C1. The van der Waals surface area contributed by atoms with Crippen LogP contribution in [-0.4, -0.2) is 24.2 Å². The molecule has 0 spiro atoms. The van der Waals surface area contributed by atoms with Crippen molar-refractivity contribution >= 4 is 17.4 Å². The maximum absolute atomic E-state index is 11.1. The van der Waals surface area contributed by atoms with Gasteiger partial charge in [0.1, 0.15) is 0 Å². The highest BCUT2D eigenvalue weighted by Gasteiger charge is 2.33. The molecule has 0 saturated carbocycles. The van der Waals surface area contributed by atoms with E-state index >= 15 is 0 Å². The zero-order valence-electron chi connectivity index (χ0n) is 6.98. The van der Waals surface area contributed by atoms with E-state index in [1.165, 1.54) is 0 Å². The van der Waals surface area contributed by atoms with Gasteiger partial charge >= 0.3 is 0 Å². The number of rotatable bonds is 2. The van der Waals surface area contributed by atoms with E-state index in [0.717, 1.165) is 13.0 Å². The molecule has 1 N–H and O–H groups in total. The van der Waals surface area contributed by atoms with E-state index in [4.69, 9.17) is 11.6 Å². The van der Waals surface area contributed by atoms with Crippen LogP contribution in [0.15, 0.2) is 0 Å². The highest BCUT2D eigenvalue weighted by Crippen LogP contribution is 2.27. The van der Waals surface area contributed by atoms with Crippen LogP contribution in [-0.2, 0) is 4.79 Å². The van der Waals surface area contributed by atoms with Gasteiger partial charge in [-0.2, -0.15) is 0 Å². The lowest BCUT2D eigenvalue weighted by atomic mass is 9.90. The summed E-state index contributed by atoms with van der Waals surface area (Å²) in [6.07, 6.45) is 0.915. The zero-order valence-corrected chi connectivity index (χ0v) is 7.74. The second-order valence-electron chi connectivity index (χ2n) is 3.90. The third-order valence-corrected chi connectivity index (χ3v) is 2.37. The largest absolute Gasteiger partial charge is 0.307 e. The molecule has 0 aromatic carbocycles. The molecule has 0 aromatic rings. The summed E-state index contributed by atoms with van der Waals surface area (Å²) in [4.78, 5) is 11.1. The number of alkyl halides is 1. The van der Waals surface area contributed by atoms with Crippen LogP contribution in [0.4, 0.5) is 0 Å². The van der Waals surface area contributed by atoms with E-state index in [9.17, 15) is 4.79 Å². The van der Waals surface area contributed by atoms with Crippen LogP contribution < -0.4 is 5.32 Å². The Morgan fingerprint density at radius 3 is 2.73 bits per heavy atom. The molecule has 0 radical (unpaired) electrons. The van der Waals surface area contributed by atoms with Gasteiger partial charge in [-0.1, -0.05) is 13.8 Å². The fraction of sp³-hybridized carbons (Fsp3) is 0.875. The van der Waals surface area contributed by atoms with Crippen LogP contribution in [0, 0.1) is 5.41 Å². The van der Waals surface area contributed by atoms with Crippen LogP contribution in [0.25, 0.3) is 0 Å². The van der Waals surface area contributed by atoms with Gasteiger partial charge in [0.15, 0.2) is 5.78 Å². The Morgan fingerprint density at radius 2 is 2.36 bits per heavy atom. The van der Waals surface area contributed by atoms with Gasteiger partial charge in [0.25, 0.3) is 0 Å². The Balaban J connectivity index is 2.48. The quantitative estimate of drug-likeness (QED) is 0.639. The van der Waals surface area contributed by atoms with Crippen molar-refractivity contribution in [3.63, 3.8) is 0 Å². The molecule has 0 amide bonds. The van der Waals surface area contributed by atoms with E-state index in [-0.39, 0.29) is 23.1 Å². The Bertz CT molecular complexity index is 167. The summed E-state index contributed by atoms with van der Waals surface area (Å²) in [7, 11) is 0. The molecule has 1 fully saturated rings. The van der Waals surface area contributed by atoms with E-state index in [1.54, 1.807) is 0 Å². The van der Waals surface area contributed by atoms with Crippen LogP contribution in [0.5, 0.6) is 0 Å². The van der Waals surface area contributed by atoms with E-state index in [2.05, 4.69) is 19.2 Å². The number of carbonyl (C=O) groups excluding carboxylic acids is 1. The molecule has 1 saturated heterocycles. The third-order valence-electron chi connectivity index (χ3n) is 2.10. The van der Waals surface area contributed by atoms with Gasteiger partial charge in [-0.25, -0.2) is 0 Å². The van der Waals surface area contributed by atoms with Gasteiger partial charge in [-0.15, -0.1) is 11.6 Å². The van der Waals surface area contributed by atoms with Gasteiger partial charge < -0.3 is 5.32 Å². The van der Waals surface area contributed by atoms with Crippen molar-refractivity contribution in [3.8, 4) is 0 Å². The van der Waals surface area contributed by atoms with Crippen molar-refractivity contribution in [1.29, 1.82) is 0 Å². The lowest BCUT2D eigenvalue weighted by molar-refractivity contribution is -0.118. The Kier molecular flexibility index (Phi) is 2.55. The smallest absolute Gasteiger partial charge is 0.164 e. The van der Waals surface area contributed by atoms with Gasteiger partial charge in [-0.05, 0) is 11.8 Å². The van der Waals surface area contributed by atoms with Gasteiger partial charge in [0, 0.05) is 6.54 Å². The van der Waals surface area contributed by atoms with Crippen molar-refractivity contribution in [2.24, 2.45) is 5.41 Å². The number of hydrogen-bond acceptors (Lipinski definition) is 2. The normalized spacial score (nSPS) is 28.8. The molecule has 0 bridgehead atoms. The lowest BCUT2D eigenvalue weighted by Crippen LogP contribution is -2.31. The lowest BCUT2D eigenvalue weighted by Gasteiger charge is -2.14. The van der Waals surface area contributed by atoms with Gasteiger partial charge in [0.2, 0.25) is 0 Å². The van der Waals surface area contributed by atoms with E-state index in [1.807, 2.05) is 0 Å². The van der Waals surface area contributed by atoms with E-state index in [0.29, 0.717) is 0 Å². The second kappa shape index (κ2) is 3.11. The monoisotopic (exact) mass is 175 g/mol. The molecule has 11 heavy (non-hydrogen) atoms. The highest BCUT2D eigenvalue weighted by atomic mass is 35.5. The molecule has 1 aliphatic heterocycles. The van der Waals surface area contributed by atoms with Crippen LogP contribution in [0.2, 0.25) is 0 Å². The Hall–Kier alpha value is -0.0800. The Morgan fingerprint density at radius 1 is 1.73 bits per heavy atom. The first-order valence-electron chi connectivity index (χ1n) is 3.87. The molecular formula is C8H14ClNO. The topological polar surface area (TPSA) is 29.1 Å². The third kappa shape index (κ3) is 2.17. The highest BCUT2D eigenvalue weighted by molar-refractivity contribution is 6.28. The molecule has 1 rings (SSSR count). The zero-order chi connectivity index (χ0) is 8.48.